The predicted molar refractivity (Wildman–Crippen MR) is 111 cm³/mol. The standard InChI is InChI=1S/C21H27FN4O5/c1-21(2,3)25-12-14(10-18(25)27)20(29)24-8-6-13(7-9-24)19(28)23-17-11-15(26(30)31)4-5-16(17)22/h4-5,11,13-14H,6-10,12H2,1-3H3,(H,23,28). The maximum Gasteiger partial charge on any atom is 0.271 e. The van der Waals surface area contributed by atoms with Crippen molar-refractivity contribution < 1.29 is 23.7 Å². The zero-order chi connectivity index (χ0) is 22.9. The Morgan fingerprint density at radius 3 is 2.39 bits per heavy atom. The van der Waals surface area contributed by atoms with E-state index in [1.54, 1.807) is 9.80 Å². The van der Waals surface area contributed by atoms with Gasteiger partial charge in [0.25, 0.3) is 5.69 Å². The van der Waals surface area contributed by atoms with E-state index in [9.17, 15) is 28.9 Å². The van der Waals surface area contributed by atoms with E-state index in [-0.39, 0.29) is 41.1 Å². The van der Waals surface area contributed by atoms with E-state index in [1.165, 1.54) is 0 Å². The summed E-state index contributed by atoms with van der Waals surface area (Å²) in [7, 11) is 0. The third kappa shape index (κ3) is 5.00. The average molecular weight is 434 g/mol. The number of rotatable bonds is 4. The zero-order valence-corrected chi connectivity index (χ0v) is 17.9. The molecule has 0 bridgehead atoms. The summed E-state index contributed by atoms with van der Waals surface area (Å²) in [4.78, 5) is 51.3. The number of nitro benzene ring substituents is 1. The molecule has 31 heavy (non-hydrogen) atoms. The molecule has 2 fully saturated rings. The number of hydrogen-bond donors (Lipinski definition) is 1. The number of non-ortho nitro benzene ring substituents is 1. The van der Waals surface area contributed by atoms with E-state index < -0.39 is 22.6 Å². The Balaban J connectivity index is 1.56. The minimum Gasteiger partial charge on any atom is -0.342 e. The molecule has 1 N–H and O–H groups in total. The van der Waals surface area contributed by atoms with Crippen LogP contribution in [0.5, 0.6) is 0 Å². The van der Waals surface area contributed by atoms with Crippen molar-refractivity contribution >= 4 is 29.1 Å². The van der Waals surface area contributed by atoms with Crippen molar-refractivity contribution in [1.82, 2.24) is 9.80 Å². The highest BCUT2D eigenvalue weighted by molar-refractivity contribution is 5.93. The van der Waals surface area contributed by atoms with E-state index in [0.717, 1.165) is 18.2 Å². The number of halogens is 1. The molecule has 2 aliphatic rings. The third-order valence-electron chi connectivity index (χ3n) is 5.88. The molecule has 10 heteroatoms. The van der Waals surface area contributed by atoms with Crippen LogP contribution < -0.4 is 5.32 Å². The van der Waals surface area contributed by atoms with E-state index in [0.29, 0.717) is 32.5 Å². The van der Waals surface area contributed by atoms with Gasteiger partial charge in [-0.1, -0.05) is 0 Å². The molecule has 2 aliphatic heterocycles. The second-order valence-electron chi connectivity index (χ2n) is 9.09. The molecule has 0 radical (unpaired) electrons. The van der Waals surface area contributed by atoms with Crippen LogP contribution in [0.2, 0.25) is 0 Å². The molecule has 2 heterocycles. The van der Waals surface area contributed by atoms with Crippen LogP contribution in [-0.2, 0) is 14.4 Å². The minimum absolute atomic E-state index is 0.0286. The van der Waals surface area contributed by atoms with Crippen molar-refractivity contribution in [2.45, 2.75) is 45.6 Å². The first-order valence-electron chi connectivity index (χ1n) is 10.3. The SMILES string of the molecule is CC(C)(C)N1CC(C(=O)N2CCC(C(=O)Nc3cc([N+](=O)[O-])ccc3F)CC2)CC1=O. The normalized spacial score (nSPS) is 20.1. The van der Waals surface area contributed by atoms with Crippen molar-refractivity contribution in [3.05, 3.63) is 34.1 Å². The van der Waals surface area contributed by atoms with Crippen molar-refractivity contribution in [3.63, 3.8) is 0 Å². The molecule has 0 saturated carbocycles. The quantitative estimate of drug-likeness (QED) is 0.578. The fourth-order valence-electron chi connectivity index (χ4n) is 4.10. The molecule has 0 aliphatic carbocycles. The van der Waals surface area contributed by atoms with Gasteiger partial charge in [-0.2, -0.15) is 0 Å². The zero-order valence-electron chi connectivity index (χ0n) is 17.9. The van der Waals surface area contributed by atoms with Gasteiger partial charge < -0.3 is 15.1 Å². The van der Waals surface area contributed by atoms with Crippen LogP contribution in [0.3, 0.4) is 0 Å². The van der Waals surface area contributed by atoms with Crippen LogP contribution in [0.4, 0.5) is 15.8 Å². The number of likely N-dealkylation sites (tertiary alicyclic amines) is 2. The Morgan fingerprint density at radius 2 is 1.84 bits per heavy atom. The lowest BCUT2D eigenvalue weighted by Crippen LogP contribution is -2.46. The molecule has 1 aromatic carbocycles. The Bertz CT molecular complexity index is 906. The number of anilines is 1. The molecule has 1 unspecified atom stereocenters. The van der Waals surface area contributed by atoms with E-state index in [4.69, 9.17) is 0 Å². The van der Waals surface area contributed by atoms with Crippen LogP contribution in [-0.4, -0.2) is 57.6 Å². The largest absolute Gasteiger partial charge is 0.342 e. The van der Waals surface area contributed by atoms with Crippen LogP contribution in [0.15, 0.2) is 18.2 Å². The Hall–Kier alpha value is -3.04. The number of nitrogens with zero attached hydrogens (tertiary/aromatic N) is 3. The van der Waals surface area contributed by atoms with Gasteiger partial charge in [-0.3, -0.25) is 24.5 Å². The minimum atomic E-state index is -0.749. The molecular weight excluding hydrogens is 407 g/mol. The highest BCUT2D eigenvalue weighted by Crippen LogP contribution is 2.29. The Labute approximate surface area is 179 Å². The first-order chi connectivity index (χ1) is 14.5. The second kappa shape index (κ2) is 8.60. The number of benzene rings is 1. The maximum atomic E-state index is 13.9. The van der Waals surface area contributed by atoms with Gasteiger partial charge in [0.2, 0.25) is 17.7 Å². The highest BCUT2D eigenvalue weighted by Gasteiger charge is 2.41. The second-order valence-corrected chi connectivity index (χ2v) is 9.09. The number of nitrogens with one attached hydrogen (secondary N) is 1. The predicted octanol–water partition coefficient (Wildman–Crippen LogP) is 2.56. The first-order valence-corrected chi connectivity index (χ1v) is 10.3. The van der Waals surface area contributed by atoms with Gasteiger partial charge >= 0.3 is 0 Å². The van der Waals surface area contributed by atoms with Gasteiger partial charge in [-0.15, -0.1) is 0 Å². The summed E-state index contributed by atoms with van der Waals surface area (Å²) in [5.74, 6) is -2.10. The van der Waals surface area contributed by atoms with Gasteiger partial charge in [0.1, 0.15) is 5.82 Å². The lowest BCUT2D eigenvalue weighted by Gasteiger charge is -2.34. The van der Waals surface area contributed by atoms with Crippen LogP contribution in [0, 0.1) is 27.8 Å². The number of carbonyl (C=O) groups is 3. The number of nitro groups is 1. The summed E-state index contributed by atoms with van der Waals surface area (Å²) in [5.41, 5.74) is -0.879. The summed E-state index contributed by atoms with van der Waals surface area (Å²) in [5, 5.41) is 13.3. The van der Waals surface area contributed by atoms with Crippen molar-refractivity contribution in [3.8, 4) is 0 Å². The van der Waals surface area contributed by atoms with Gasteiger partial charge in [0.15, 0.2) is 0 Å². The lowest BCUT2D eigenvalue weighted by atomic mass is 9.94. The van der Waals surface area contributed by atoms with Crippen molar-refractivity contribution in [2.24, 2.45) is 11.8 Å². The Kier molecular flexibility index (Phi) is 6.28. The molecule has 3 amide bonds. The van der Waals surface area contributed by atoms with Crippen molar-refractivity contribution in [2.75, 3.05) is 25.0 Å². The number of carbonyl (C=O) groups excluding carboxylic acids is 3. The van der Waals surface area contributed by atoms with Crippen molar-refractivity contribution in [1.29, 1.82) is 0 Å². The lowest BCUT2D eigenvalue weighted by molar-refractivity contribution is -0.384. The summed E-state index contributed by atoms with van der Waals surface area (Å²) in [6, 6.07) is 2.96. The van der Waals surface area contributed by atoms with Gasteiger partial charge in [0, 0.05) is 49.6 Å². The molecule has 0 aromatic heterocycles. The monoisotopic (exact) mass is 434 g/mol. The average Bonchev–Trinajstić information content (AvgIpc) is 3.11. The topological polar surface area (TPSA) is 113 Å². The summed E-state index contributed by atoms with van der Waals surface area (Å²) >= 11 is 0. The molecule has 1 atom stereocenters. The first kappa shape index (κ1) is 22.6. The smallest absolute Gasteiger partial charge is 0.271 e. The van der Waals surface area contributed by atoms with Crippen LogP contribution in [0.1, 0.15) is 40.0 Å². The summed E-state index contributed by atoms with van der Waals surface area (Å²) in [6.45, 7) is 6.95. The summed E-state index contributed by atoms with van der Waals surface area (Å²) < 4.78 is 13.9. The van der Waals surface area contributed by atoms with E-state index >= 15 is 0 Å². The van der Waals surface area contributed by atoms with E-state index in [2.05, 4.69) is 5.32 Å². The summed E-state index contributed by atoms with van der Waals surface area (Å²) in [6.07, 6.45) is 0.998. The fourth-order valence-corrected chi connectivity index (χ4v) is 4.10. The maximum absolute atomic E-state index is 13.9. The molecule has 0 spiro atoms. The molecular formula is C21H27FN4O5. The fraction of sp³-hybridized carbons (Fsp3) is 0.571. The van der Waals surface area contributed by atoms with Crippen LogP contribution >= 0.6 is 0 Å². The van der Waals surface area contributed by atoms with Gasteiger partial charge in [-0.05, 0) is 39.7 Å². The number of amides is 3. The highest BCUT2D eigenvalue weighted by atomic mass is 19.1. The van der Waals surface area contributed by atoms with Gasteiger partial charge in [0.05, 0.1) is 16.5 Å². The molecule has 9 nitrogen and oxygen atoms in total. The Morgan fingerprint density at radius 1 is 1.19 bits per heavy atom. The van der Waals surface area contributed by atoms with E-state index in [1.807, 2.05) is 20.8 Å². The van der Waals surface area contributed by atoms with Crippen LogP contribution in [0.25, 0.3) is 0 Å². The molecule has 3 rings (SSSR count). The molecule has 1 aromatic rings. The molecule has 168 valence electrons. The number of hydrogen-bond acceptors (Lipinski definition) is 5. The van der Waals surface area contributed by atoms with Gasteiger partial charge in [-0.25, -0.2) is 4.39 Å². The third-order valence-corrected chi connectivity index (χ3v) is 5.88. The molecule has 2 saturated heterocycles. The number of piperidine rings is 1.